The van der Waals surface area contributed by atoms with Gasteiger partial charge in [-0.05, 0) is 38.0 Å². The average Bonchev–Trinajstić information content (AvgIpc) is 2.96. The van der Waals surface area contributed by atoms with Gasteiger partial charge in [-0.3, -0.25) is 10.1 Å². The number of nitrogens with one attached hydrogen (secondary N) is 1. The SMILES string of the molecule is C=CCCCCC(CCCCCCCCCC)NC(CC(CCCCC)CCCCC)OC(=O)CCCCCCC. The van der Waals surface area contributed by atoms with Gasteiger partial charge in [0.15, 0.2) is 6.23 Å². The predicted octanol–water partition coefficient (Wildman–Crippen LogP) is 12.6. The fourth-order valence-electron chi connectivity index (χ4n) is 6.07. The van der Waals surface area contributed by atoms with Crippen LogP contribution in [-0.2, 0) is 9.53 Å². The molecule has 0 aromatic carbocycles. The first-order valence-corrected chi connectivity index (χ1v) is 18.7. The molecule has 0 spiro atoms. The Labute approximate surface area is 258 Å². The van der Waals surface area contributed by atoms with Crippen LogP contribution < -0.4 is 5.32 Å². The summed E-state index contributed by atoms with van der Waals surface area (Å²) in [4.78, 5) is 13.0. The summed E-state index contributed by atoms with van der Waals surface area (Å²) in [7, 11) is 0. The standard InChI is InChI=1S/C38H75NO2/c1-6-11-16-19-20-21-23-27-32-36(31-26-18-13-8-3)39-37(41-38(40)33-28-22-17-12-7-2)34-35(29-24-14-9-4)30-25-15-10-5/h8,35-37,39H,3,6-7,9-34H2,1-2,4-5H3. The van der Waals surface area contributed by atoms with E-state index in [2.05, 4.69) is 39.6 Å². The molecular formula is C38H75NO2. The molecule has 0 aliphatic heterocycles. The van der Waals surface area contributed by atoms with Crippen molar-refractivity contribution in [2.75, 3.05) is 0 Å². The van der Waals surface area contributed by atoms with E-state index >= 15 is 0 Å². The number of rotatable bonds is 33. The van der Waals surface area contributed by atoms with Crippen LogP contribution in [0.5, 0.6) is 0 Å². The number of esters is 1. The molecule has 3 nitrogen and oxygen atoms in total. The van der Waals surface area contributed by atoms with Gasteiger partial charge >= 0.3 is 5.97 Å². The van der Waals surface area contributed by atoms with Crippen molar-refractivity contribution in [2.45, 2.75) is 220 Å². The quantitative estimate of drug-likeness (QED) is 0.0365. The minimum Gasteiger partial charge on any atom is -0.447 e. The first-order chi connectivity index (χ1) is 20.1. The van der Waals surface area contributed by atoms with Crippen molar-refractivity contribution in [1.29, 1.82) is 0 Å². The molecule has 0 radical (unpaired) electrons. The summed E-state index contributed by atoms with van der Waals surface area (Å²) in [5, 5.41) is 3.93. The number of carbonyl (C=O) groups excluding carboxylic acids is 1. The molecule has 244 valence electrons. The monoisotopic (exact) mass is 578 g/mol. The molecule has 0 aliphatic rings. The Balaban J connectivity index is 5.23. The second-order valence-corrected chi connectivity index (χ2v) is 12.9. The van der Waals surface area contributed by atoms with Gasteiger partial charge in [0, 0.05) is 18.9 Å². The van der Waals surface area contributed by atoms with E-state index < -0.39 is 0 Å². The van der Waals surface area contributed by atoms with Gasteiger partial charge in [0.1, 0.15) is 0 Å². The van der Waals surface area contributed by atoms with Crippen molar-refractivity contribution in [1.82, 2.24) is 5.32 Å². The zero-order chi connectivity index (χ0) is 30.2. The maximum atomic E-state index is 13.0. The largest absolute Gasteiger partial charge is 0.447 e. The van der Waals surface area contributed by atoms with Crippen molar-refractivity contribution in [3.8, 4) is 0 Å². The molecule has 0 aromatic rings. The van der Waals surface area contributed by atoms with Crippen LogP contribution in [-0.4, -0.2) is 18.2 Å². The number of unbranched alkanes of at least 4 members (excludes halogenated alkanes) is 17. The summed E-state index contributed by atoms with van der Waals surface area (Å²) >= 11 is 0. The molecular weight excluding hydrogens is 502 g/mol. The topological polar surface area (TPSA) is 38.3 Å². The molecule has 0 saturated heterocycles. The summed E-state index contributed by atoms with van der Waals surface area (Å²) in [6.45, 7) is 13.0. The summed E-state index contributed by atoms with van der Waals surface area (Å²) < 4.78 is 6.27. The predicted molar refractivity (Wildman–Crippen MR) is 182 cm³/mol. The molecule has 0 saturated carbocycles. The van der Waals surface area contributed by atoms with Gasteiger partial charge < -0.3 is 4.74 Å². The van der Waals surface area contributed by atoms with Crippen molar-refractivity contribution in [2.24, 2.45) is 5.92 Å². The molecule has 0 bridgehead atoms. The van der Waals surface area contributed by atoms with Crippen LogP contribution >= 0.6 is 0 Å². The first-order valence-electron chi connectivity index (χ1n) is 18.7. The molecule has 0 heterocycles. The fraction of sp³-hybridized carbons (Fsp3) is 0.921. The van der Waals surface area contributed by atoms with E-state index in [0.717, 1.165) is 25.7 Å². The Morgan fingerprint density at radius 3 is 1.59 bits per heavy atom. The summed E-state index contributed by atoms with van der Waals surface area (Å²) in [6, 6.07) is 0.439. The van der Waals surface area contributed by atoms with Crippen molar-refractivity contribution < 1.29 is 9.53 Å². The number of hydrogen-bond donors (Lipinski definition) is 1. The van der Waals surface area contributed by atoms with Crippen molar-refractivity contribution >= 4 is 5.97 Å². The van der Waals surface area contributed by atoms with Crippen LogP contribution in [0.2, 0.25) is 0 Å². The number of hydrogen-bond acceptors (Lipinski definition) is 3. The zero-order valence-corrected chi connectivity index (χ0v) is 28.6. The Kier molecular flexibility index (Phi) is 31.4. The number of allylic oxidation sites excluding steroid dienone is 1. The van der Waals surface area contributed by atoms with Crippen LogP contribution in [0.1, 0.15) is 207 Å². The van der Waals surface area contributed by atoms with E-state index in [0.29, 0.717) is 18.4 Å². The summed E-state index contributed by atoms with van der Waals surface area (Å²) in [5.74, 6) is 0.657. The molecule has 1 N–H and O–H groups in total. The lowest BCUT2D eigenvalue weighted by atomic mass is 9.91. The van der Waals surface area contributed by atoms with Gasteiger partial charge in [0.05, 0.1) is 0 Å². The normalized spacial score (nSPS) is 13.0. The van der Waals surface area contributed by atoms with Crippen LogP contribution in [0.4, 0.5) is 0 Å². The summed E-state index contributed by atoms with van der Waals surface area (Å²) in [5.41, 5.74) is 0. The Hall–Kier alpha value is -0.830. The van der Waals surface area contributed by atoms with Gasteiger partial charge in [-0.25, -0.2) is 0 Å². The second-order valence-electron chi connectivity index (χ2n) is 12.9. The minimum atomic E-state index is -0.134. The molecule has 0 fully saturated rings. The number of carbonyl (C=O) groups is 1. The van der Waals surface area contributed by atoms with Crippen molar-refractivity contribution in [3.63, 3.8) is 0 Å². The molecule has 41 heavy (non-hydrogen) atoms. The van der Waals surface area contributed by atoms with Gasteiger partial charge in [0.25, 0.3) is 0 Å². The molecule has 3 heteroatoms. The van der Waals surface area contributed by atoms with E-state index in [1.165, 1.54) is 148 Å². The van der Waals surface area contributed by atoms with Crippen LogP contribution in [0.25, 0.3) is 0 Å². The second kappa shape index (κ2) is 32.1. The third-order valence-corrected chi connectivity index (χ3v) is 8.78. The smallest absolute Gasteiger partial charge is 0.307 e. The van der Waals surface area contributed by atoms with E-state index in [1.54, 1.807) is 0 Å². The van der Waals surface area contributed by atoms with Gasteiger partial charge in [-0.15, -0.1) is 6.58 Å². The number of ether oxygens (including phenoxy) is 1. The van der Waals surface area contributed by atoms with Crippen LogP contribution in [0.15, 0.2) is 12.7 Å². The van der Waals surface area contributed by atoms with Gasteiger partial charge in [0.2, 0.25) is 0 Å². The Bertz CT molecular complexity index is 538. The fourth-order valence-corrected chi connectivity index (χ4v) is 6.07. The van der Waals surface area contributed by atoms with Crippen molar-refractivity contribution in [3.05, 3.63) is 12.7 Å². The zero-order valence-electron chi connectivity index (χ0n) is 28.6. The third-order valence-electron chi connectivity index (χ3n) is 8.78. The van der Waals surface area contributed by atoms with E-state index in [4.69, 9.17) is 4.74 Å². The highest BCUT2D eigenvalue weighted by molar-refractivity contribution is 5.69. The third kappa shape index (κ3) is 27.7. The van der Waals surface area contributed by atoms with Crippen LogP contribution in [0, 0.1) is 5.92 Å². The molecule has 0 amide bonds. The van der Waals surface area contributed by atoms with Gasteiger partial charge in [-0.2, -0.15) is 0 Å². The molecule has 2 unspecified atom stereocenters. The van der Waals surface area contributed by atoms with E-state index in [9.17, 15) is 4.79 Å². The average molecular weight is 578 g/mol. The lowest BCUT2D eigenvalue weighted by molar-refractivity contribution is -0.152. The Morgan fingerprint density at radius 2 is 1.05 bits per heavy atom. The van der Waals surface area contributed by atoms with E-state index in [1.807, 2.05) is 6.08 Å². The van der Waals surface area contributed by atoms with Crippen LogP contribution in [0.3, 0.4) is 0 Å². The molecule has 0 aromatic heterocycles. The Morgan fingerprint density at radius 1 is 0.610 bits per heavy atom. The molecule has 0 rings (SSSR count). The highest BCUT2D eigenvalue weighted by Gasteiger charge is 2.23. The maximum absolute atomic E-state index is 13.0. The highest BCUT2D eigenvalue weighted by atomic mass is 16.6. The minimum absolute atomic E-state index is 0.0114. The lowest BCUT2D eigenvalue weighted by Gasteiger charge is -2.29. The molecule has 0 aliphatic carbocycles. The molecule has 2 atom stereocenters. The first kappa shape index (κ1) is 40.2. The lowest BCUT2D eigenvalue weighted by Crippen LogP contribution is -2.42. The van der Waals surface area contributed by atoms with Gasteiger partial charge in [-0.1, -0.05) is 169 Å². The van der Waals surface area contributed by atoms with E-state index in [-0.39, 0.29) is 12.2 Å². The maximum Gasteiger partial charge on any atom is 0.307 e. The highest BCUT2D eigenvalue weighted by Crippen LogP contribution is 2.25. The summed E-state index contributed by atoms with van der Waals surface area (Å²) in [6.07, 6.45) is 36.3.